The third-order valence-corrected chi connectivity index (χ3v) is 8.99. The number of nitrogens with one attached hydrogen (secondary N) is 1. The van der Waals surface area contributed by atoms with E-state index in [9.17, 15) is 19.5 Å². The summed E-state index contributed by atoms with van der Waals surface area (Å²) >= 11 is 3.65. The van der Waals surface area contributed by atoms with Crippen LogP contribution in [-0.2, 0) is 23.9 Å². The molecule has 0 aliphatic carbocycles. The highest BCUT2D eigenvalue weighted by molar-refractivity contribution is 9.09. The van der Waals surface area contributed by atoms with Crippen LogP contribution < -0.4 is 10.2 Å². The topological polar surface area (TPSA) is 108 Å². The number of carbonyl (C=O) groups excluding carboxylic acids is 3. The zero-order valence-corrected chi connectivity index (χ0v) is 24.4. The lowest BCUT2D eigenvalue weighted by atomic mass is 9.70. The Labute approximate surface area is 233 Å². The number of fused-ring (bicyclic) bond motifs is 1. The molecule has 3 aliphatic rings. The van der Waals surface area contributed by atoms with Crippen LogP contribution >= 0.6 is 15.9 Å². The number of anilines is 2. The fourth-order valence-corrected chi connectivity index (χ4v) is 7.59. The normalized spacial score (nSPS) is 30.5. The molecule has 2 amide bonds. The van der Waals surface area contributed by atoms with E-state index in [0.717, 1.165) is 18.8 Å². The van der Waals surface area contributed by atoms with E-state index < -0.39 is 41.6 Å². The van der Waals surface area contributed by atoms with E-state index in [2.05, 4.69) is 40.0 Å². The molecule has 3 saturated heterocycles. The van der Waals surface area contributed by atoms with E-state index >= 15 is 0 Å². The second kappa shape index (κ2) is 11.5. The van der Waals surface area contributed by atoms with E-state index in [1.54, 1.807) is 6.92 Å². The fraction of sp³-hybridized carbons (Fsp3) is 0.679. The zero-order valence-electron chi connectivity index (χ0n) is 22.9. The van der Waals surface area contributed by atoms with E-state index in [-0.39, 0.29) is 35.8 Å². The molecule has 1 aromatic carbocycles. The third kappa shape index (κ3) is 4.84. The minimum absolute atomic E-state index is 0.177. The Morgan fingerprint density at radius 2 is 1.89 bits per heavy atom. The Hall–Kier alpha value is -2.17. The molecule has 38 heavy (non-hydrogen) atoms. The summed E-state index contributed by atoms with van der Waals surface area (Å²) in [6.07, 6.45) is 0.351. The van der Waals surface area contributed by atoms with Gasteiger partial charge in [0, 0.05) is 29.3 Å². The van der Waals surface area contributed by atoms with Crippen molar-refractivity contribution in [2.24, 2.45) is 17.8 Å². The molecule has 0 aromatic heterocycles. The Kier molecular flexibility index (Phi) is 8.74. The van der Waals surface area contributed by atoms with Crippen LogP contribution in [0.1, 0.15) is 47.5 Å². The Morgan fingerprint density at radius 1 is 1.24 bits per heavy atom. The van der Waals surface area contributed by atoms with Crippen molar-refractivity contribution < 1.29 is 29.0 Å². The monoisotopic (exact) mass is 593 g/mol. The van der Waals surface area contributed by atoms with Crippen LogP contribution in [-0.4, -0.2) is 82.7 Å². The Morgan fingerprint density at radius 3 is 2.45 bits per heavy atom. The molecule has 0 saturated carbocycles. The standard InChI is InChI=1S/C28H40BrN3O6/c1-6-31(7-2)18-11-9-17(10-12-18)30-25(34)24-28-14-20(29)23(38-28)21(27(36)37-8-3)22(28)26(35)32(24)19(15-33)13-16(4)5/h9-12,16,19-24,33H,6-8,13-15H2,1-5H3,(H,30,34)/t19-,20?,21+,22-,23+,24+,28-/m1/s1. The number of halogens is 1. The first-order valence-corrected chi connectivity index (χ1v) is 14.6. The van der Waals surface area contributed by atoms with Crippen LogP contribution in [0.3, 0.4) is 0 Å². The lowest BCUT2D eigenvalue weighted by Crippen LogP contribution is -2.56. The van der Waals surface area contributed by atoms with Crippen molar-refractivity contribution in [2.75, 3.05) is 36.5 Å². The van der Waals surface area contributed by atoms with Gasteiger partial charge in [-0.25, -0.2) is 0 Å². The van der Waals surface area contributed by atoms with Gasteiger partial charge in [-0.2, -0.15) is 0 Å². The van der Waals surface area contributed by atoms with Gasteiger partial charge in [0.25, 0.3) is 0 Å². The predicted octanol–water partition coefficient (Wildman–Crippen LogP) is 3.19. The largest absolute Gasteiger partial charge is 0.466 e. The van der Waals surface area contributed by atoms with Gasteiger partial charge in [0.2, 0.25) is 11.8 Å². The third-order valence-electron chi connectivity index (χ3n) is 8.15. The summed E-state index contributed by atoms with van der Waals surface area (Å²) in [5.74, 6) is -2.68. The first kappa shape index (κ1) is 28.8. The molecule has 2 N–H and O–H groups in total. The summed E-state index contributed by atoms with van der Waals surface area (Å²) in [4.78, 5) is 44.6. The number of nitrogens with zero attached hydrogens (tertiary/aromatic N) is 2. The van der Waals surface area contributed by atoms with Crippen molar-refractivity contribution in [3.05, 3.63) is 24.3 Å². The number of hydrogen-bond donors (Lipinski definition) is 2. The molecule has 1 spiro atoms. The molecule has 10 heteroatoms. The van der Waals surface area contributed by atoms with Gasteiger partial charge in [-0.3, -0.25) is 14.4 Å². The van der Waals surface area contributed by atoms with Crippen LogP contribution in [0.25, 0.3) is 0 Å². The second-order valence-electron chi connectivity index (χ2n) is 10.8. The molecule has 3 heterocycles. The average molecular weight is 595 g/mol. The van der Waals surface area contributed by atoms with Gasteiger partial charge in [0.05, 0.1) is 37.2 Å². The molecule has 9 nitrogen and oxygen atoms in total. The Balaban J connectivity index is 1.71. The lowest BCUT2D eigenvalue weighted by molar-refractivity contribution is -0.155. The number of esters is 1. The van der Waals surface area contributed by atoms with Crippen molar-refractivity contribution in [3.8, 4) is 0 Å². The molecule has 0 radical (unpaired) electrons. The number of alkyl halides is 1. The average Bonchev–Trinajstić information content (AvgIpc) is 3.47. The molecular formula is C28H40BrN3O6. The molecule has 3 aliphatic heterocycles. The maximum atomic E-state index is 14.1. The van der Waals surface area contributed by atoms with Gasteiger partial charge in [-0.05, 0) is 63.8 Å². The summed E-state index contributed by atoms with van der Waals surface area (Å²) in [7, 11) is 0. The number of likely N-dealkylation sites (tertiary alicyclic amines) is 1. The highest BCUT2D eigenvalue weighted by Crippen LogP contribution is 2.60. The van der Waals surface area contributed by atoms with Crippen LogP contribution in [0, 0.1) is 17.8 Å². The van der Waals surface area contributed by atoms with Crippen LogP contribution in [0.2, 0.25) is 0 Å². The van der Waals surface area contributed by atoms with Crippen LogP contribution in [0.4, 0.5) is 11.4 Å². The summed E-state index contributed by atoms with van der Waals surface area (Å²) in [6.45, 7) is 11.6. The smallest absolute Gasteiger partial charge is 0.312 e. The molecule has 7 atom stereocenters. The fourth-order valence-electron chi connectivity index (χ4n) is 6.64. The molecule has 4 rings (SSSR count). The maximum Gasteiger partial charge on any atom is 0.312 e. The van der Waals surface area contributed by atoms with Gasteiger partial charge >= 0.3 is 5.97 Å². The number of hydrogen-bond acceptors (Lipinski definition) is 7. The highest BCUT2D eigenvalue weighted by Gasteiger charge is 2.77. The summed E-state index contributed by atoms with van der Waals surface area (Å²) < 4.78 is 11.8. The van der Waals surface area contributed by atoms with Gasteiger partial charge in [0.15, 0.2) is 0 Å². The van der Waals surface area contributed by atoms with E-state index in [1.807, 2.05) is 38.1 Å². The molecule has 3 fully saturated rings. The molecule has 2 bridgehead atoms. The SMILES string of the molecule is CCOC(=O)[C@@H]1[C@H]2O[C@@]3(CC2Br)[C@H](C(=O)Nc2ccc(N(CC)CC)cc2)N([C@@H](CO)CC(C)C)C(=O)[C@@H]13. The minimum Gasteiger partial charge on any atom is -0.466 e. The molecule has 1 aromatic rings. The number of amides is 2. The van der Waals surface area contributed by atoms with Gasteiger partial charge in [-0.1, -0.05) is 29.8 Å². The van der Waals surface area contributed by atoms with E-state index in [1.165, 1.54) is 4.90 Å². The minimum atomic E-state index is -1.19. The molecule has 210 valence electrons. The van der Waals surface area contributed by atoms with E-state index in [0.29, 0.717) is 18.5 Å². The van der Waals surface area contributed by atoms with Gasteiger partial charge < -0.3 is 29.7 Å². The maximum absolute atomic E-state index is 14.1. The van der Waals surface area contributed by atoms with Crippen molar-refractivity contribution in [2.45, 2.75) is 76.1 Å². The van der Waals surface area contributed by atoms with Crippen LogP contribution in [0.15, 0.2) is 24.3 Å². The number of aliphatic hydroxyl groups excluding tert-OH is 1. The van der Waals surface area contributed by atoms with Crippen molar-refractivity contribution >= 4 is 45.1 Å². The Bertz CT molecular complexity index is 1030. The summed E-state index contributed by atoms with van der Waals surface area (Å²) in [5.41, 5.74) is 0.467. The number of aliphatic hydroxyl groups is 1. The first-order chi connectivity index (χ1) is 18.1. The number of benzene rings is 1. The summed E-state index contributed by atoms with van der Waals surface area (Å²) in [5, 5.41) is 13.3. The first-order valence-electron chi connectivity index (χ1n) is 13.7. The highest BCUT2D eigenvalue weighted by atomic mass is 79.9. The van der Waals surface area contributed by atoms with Crippen molar-refractivity contribution in [3.63, 3.8) is 0 Å². The van der Waals surface area contributed by atoms with Crippen LogP contribution in [0.5, 0.6) is 0 Å². The van der Waals surface area contributed by atoms with Crippen molar-refractivity contribution in [1.82, 2.24) is 4.90 Å². The number of carbonyl (C=O) groups is 3. The summed E-state index contributed by atoms with van der Waals surface area (Å²) in [6, 6.07) is 6.03. The zero-order chi connectivity index (χ0) is 27.8. The van der Waals surface area contributed by atoms with Gasteiger partial charge in [-0.15, -0.1) is 0 Å². The molecule has 1 unspecified atom stereocenters. The lowest BCUT2D eigenvalue weighted by Gasteiger charge is -2.37. The quantitative estimate of drug-likeness (QED) is 0.299. The van der Waals surface area contributed by atoms with E-state index in [4.69, 9.17) is 9.47 Å². The van der Waals surface area contributed by atoms with Gasteiger partial charge in [0.1, 0.15) is 11.6 Å². The predicted molar refractivity (Wildman–Crippen MR) is 148 cm³/mol. The second-order valence-corrected chi connectivity index (χ2v) is 12.0. The number of rotatable bonds is 11. The number of ether oxygens (including phenoxy) is 2. The molecular weight excluding hydrogens is 554 g/mol. The van der Waals surface area contributed by atoms with Crippen molar-refractivity contribution in [1.29, 1.82) is 0 Å².